The lowest BCUT2D eigenvalue weighted by molar-refractivity contribution is 0.103. The van der Waals surface area contributed by atoms with Crippen molar-refractivity contribution in [2.24, 2.45) is 0 Å². The average molecular weight is 384 g/mol. The number of hydrogen-bond donors (Lipinski definition) is 2. The molecule has 0 aliphatic rings. The van der Waals surface area contributed by atoms with Crippen molar-refractivity contribution >= 4 is 38.8 Å². The first-order valence-corrected chi connectivity index (χ1v) is 10.0. The Morgan fingerprint density at radius 2 is 1.96 bits per heavy atom. The summed E-state index contributed by atoms with van der Waals surface area (Å²) in [5, 5.41) is 3.77. The van der Waals surface area contributed by atoms with Crippen LogP contribution in [0.1, 0.15) is 47.1 Å². The lowest BCUT2D eigenvalue weighted by Crippen LogP contribution is -2.12. The van der Waals surface area contributed by atoms with Gasteiger partial charge in [0.2, 0.25) is 0 Å². The number of nitrogens with zero attached hydrogens (tertiary/aromatic N) is 1. The molecule has 3 aromatic rings. The van der Waals surface area contributed by atoms with Gasteiger partial charge in [-0.3, -0.25) is 4.79 Å². The molecule has 0 bridgehead atoms. The molecule has 0 atom stereocenters. The highest BCUT2D eigenvalue weighted by Crippen LogP contribution is 2.35. The number of nitrogens with two attached hydrogens (primary N) is 1. The van der Waals surface area contributed by atoms with Crippen LogP contribution in [0.3, 0.4) is 0 Å². The number of nitrogens with one attached hydrogen (secondary N) is 1. The number of anilines is 2. The monoisotopic (exact) mass is 383 g/mol. The molecular weight excluding hydrogens is 358 g/mol. The maximum atomic E-state index is 12.7. The standard InChI is InChI=1S/C21H25N3O2S/c1-4-5-6-11-26-16-9-7-15(8-10-16)24-20(25)19-18(22)17-13(2)12-14(3)23-21(17)27-19/h7-10,12H,4-6,11,22H2,1-3H3,(H,24,25). The Morgan fingerprint density at radius 1 is 1.22 bits per heavy atom. The lowest BCUT2D eigenvalue weighted by Gasteiger charge is -2.08. The Balaban J connectivity index is 1.71. The molecule has 3 N–H and O–H groups in total. The number of carbonyl (C=O) groups is 1. The molecule has 27 heavy (non-hydrogen) atoms. The second-order valence-electron chi connectivity index (χ2n) is 6.64. The van der Waals surface area contributed by atoms with Crippen LogP contribution in [0.4, 0.5) is 11.4 Å². The summed E-state index contributed by atoms with van der Waals surface area (Å²) >= 11 is 1.33. The van der Waals surface area contributed by atoms with Crippen LogP contribution in [0.25, 0.3) is 10.2 Å². The SMILES string of the molecule is CCCCCOc1ccc(NC(=O)c2sc3nc(C)cc(C)c3c2N)cc1. The Bertz CT molecular complexity index is 948. The summed E-state index contributed by atoms with van der Waals surface area (Å²) in [6, 6.07) is 9.39. The number of ether oxygens (including phenoxy) is 1. The Hall–Kier alpha value is -2.60. The highest BCUT2D eigenvalue weighted by Gasteiger charge is 2.19. The van der Waals surface area contributed by atoms with Crippen molar-refractivity contribution < 1.29 is 9.53 Å². The minimum Gasteiger partial charge on any atom is -0.494 e. The molecule has 142 valence electrons. The average Bonchev–Trinajstić information content (AvgIpc) is 2.97. The van der Waals surface area contributed by atoms with Crippen LogP contribution in [0, 0.1) is 13.8 Å². The van der Waals surface area contributed by atoms with E-state index in [0.29, 0.717) is 22.9 Å². The number of hydrogen-bond acceptors (Lipinski definition) is 5. The van der Waals surface area contributed by atoms with Crippen LogP contribution in [0.5, 0.6) is 5.75 Å². The smallest absolute Gasteiger partial charge is 0.267 e. The van der Waals surface area contributed by atoms with Crippen LogP contribution >= 0.6 is 11.3 Å². The number of carbonyl (C=O) groups excluding carboxylic acids is 1. The summed E-state index contributed by atoms with van der Waals surface area (Å²) in [7, 11) is 0. The highest BCUT2D eigenvalue weighted by atomic mass is 32.1. The number of aromatic nitrogens is 1. The fourth-order valence-corrected chi connectivity index (χ4v) is 4.11. The second kappa shape index (κ2) is 8.39. The summed E-state index contributed by atoms with van der Waals surface area (Å²) in [6.07, 6.45) is 3.38. The predicted octanol–water partition coefficient (Wildman–Crippen LogP) is 5.32. The molecule has 0 saturated carbocycles. The first-order valence-electron chi connectivity index (χ1n) is 9.20. The Morgan fingerprint density at radius 3 is 2.67 bits per heavy atom. The number of amides is 1. The molecule has 2 heterocycles. The molecule has 6 heteroatoms. The molecule has 2 aromatic heterocycles. The van der Waals surface area contributed by atoms with Crippen molar-refractivity contribution in [2.75, 3.05) is 17.7 Å². The van der Waals surface area contributed by atoms with Gasteiger partial charge in [-0.2, -0.15) is 0 Å². The van der Waals surface area contributed by atoms with Crippen LogP contribution in [0.2, 0.25) is 0 Å². The number of fused-ring (bicyclic) bond motifs is 1. The molecular formula is C21H25N3O2S. The zero-order valence-electron chi connectivity index (χ0n) is 16.0. The van der Waals surface area contributed by atoms with E-state index in [1.807, 2.05) is 44.2 Å². The van der Waals surface area contributed by atoms with Gasteiger partial charge in [0, 0.05) is 16.8 Å². The molecule has 0 aliphatic carbocycles. The van der Waals surface area contributed by atoms with Crippen molar-refractivity contribution in [2.45, 2.75) is 40.0 Å². The second-order valence-corrected chi connectivity index (χ2v) is 7.64. The van der Waals surface area contributed by atoms with E-state index in [-0.39, 0.29) is 5.91 Å². The number of benzene rings is 1. The number of aryl methyl sites for hydroxylation is 2. The van der Waals surface area contributed by atoms with Crippen molar-refractivity contribution in [1.29, 1.82) is 0 Å². The number of thiophene rings is 1. The van der Waals surface area contributed by atoms with Crippen molar-refractivity contribution in [3.8, 4) is 5.75 Å². The molecule has 3 rings (SSSR count). The van der Waals surface area contributed by atoms with Gasteiger partial charge in [-0.1, -0.05) is 19.8 Å². The third-order valence-electron chi connectivity index (χ3n) is 4.36. The van der Waals surface area contributed by atoms with Gasteiger partial charge in [-0.25, -0.2) is 4.98 Å². The van der Waals surface area contributed by atoms with Gasteiger partial charge in [0.25, 0.3) is 5.91 Å². The summed E-state index contributed by atoms with van der Waals surface area (Å²) in [5.74, 6) is 0.588. The van der Waals surface area contributed by atoms with E-state index in [0.717, 1.165) is 33.6 Å². The van der Waals surface area contributed by atoms with E-state index < -0.39 is 0 Å². The Kier molecular flexibility index (Phi) is 5.96. The van der Waals surface area contributed by atoms with Crippen molar-refractivity contribution in [3.63, 3.8) is 0 Å². The van der Waals surface area contributed by atoms with Gasteiger partial charge in [0.1, 0.15) is 15.5 Å². The van der Waals surface area contributed by atoms with Crippen molar-refractivity contribution in [3.05, 3.63) is 46.5 Å². The number of unbranched alkanes of at least 4 members (excludes halogenated alkanes) is 2. The summed E-state index contributed by atoms with van der Waals surface area (Å²) < 4.78 is 5.70. The van der Waals surface area contributed by atoms with Gasteiger partial charge < -0.3 is 15.8 Å². The van der Waals surface area contributed by atoms with Gasteiger partial charge in [0.05, 0.1) is 12.3 Å². The van der Waals surface area contributed by atoms with Gasteiger partial charge in [-0.15, -0.1) is 11.3 Å². The minimum atomic E-state index is -0.218. The van der Waals surface area contributed by atoms with E-state index in [1.165, 1.54) is 24.2 Å². The highest BCUT2D eigenvalue weighted by molar-refractivity contribution is 7.21. The fourth-order valence-electron chi connectivity index (χ4n) is 3.00. The zero-order valence-corrected chi connectivity index (χ0v) is 16.8. The molecule has 0 fully saturated rings. The molecule has 0 unspecified atom stereocenters. The lowest BCUT2D eigenvalue weighted by atomic mass is 10.1. The largest absolute Gasteiger partial charge is 0.494 e. The number of pyridine rings is 1. The maximum absolute atomic E-state index is 12.7. The zero-order chi connectivity index (χ0) is 19.4. The Labute approximate surface area is 163 Å². The van der Waals surface area contributed by atoms with Gasteiger partial charge in [0.15, 0.2) is 0 Å². The van der Waals surface area contributed by atoms with E-state index in [2.05, 4.69) is 17.2 Å². The van der Waals surface area contributed by atoms with E-state index in [1.54, 1.807) is 0 Å². The molecule has 5 nitrogen and oxygen atoms in total. The van der Waals surface area contributed by atoms with Gasteiger partial charge >= 0.3 is 0 Å². The fraction of sp³-hybridized carbons (Fsp3) is 0.333. The summed E-state index contributed by atoms with van der Waals surface area (Å²) in [4.78, 5) is 18.5. The molecule has 0 spiro atoms. The predicted molar refractivity (Wildman–Crippen MR) is 113 cm³/mol. The topological polar surface area (TPSA) is 77.2 Å². The van der Waals surface area contributed by atoms with Crippen LogP contribution in [-0.2, 0) is 0 Å². The normalized spacial score (nSPS) is 10.9. The number of rotatable bonds is 7. The molecule has 0 radical (unpaired) electrons. The van der Waals surface area contributed by atoms with Crippen LogP contribution in [-0.4, -0.2) is 17.5 Å². The van der Waals surface area contributed by atoms with E-state index in [9.17, 15) is 4.79 Å². The van der Waals surface area contributed by atoms with E-state index >= 15 is 0 Å². The maximum Gasteiger partial charge on any atom is 0.267 e. The van der Waals surface area contributed by atoms with Crippen LogP contribution < -0.4 is 15.8 Å². The van der Waals surface area contributed by atoms with Crippen molar-refractivity contribution in [1.82, 2.24) is 4.98 Å². The van der Waals surface area contributed by atoms with Gasteiger partial charge in [-0.05, 0) is 56.2 Å². The third kappa shape index (κ3) is 4.39. The minimum absolute atomic E-state index is 0.218. The quantitative estimate of drug-likeness (QED) is 0.542. The summed E-state index contributed by atoms with van der Waals surface area (Å²) in [6.45, 7) is 6.80. The first kappa shape index (κ1) is 19.2. The first-order chi connectivity index (χ1) is 13.0. The number of nitrogen functional groups attached to an aromatic ring is 1. The molecule has 0 aliphatic heterocycles. The third-order valence-corrected chi connectivity index (χ3v) is 5.46. The van der Waals surface area contributed by atoms with E-state index in [4.69, 9.17) is 10.5 Å². The molecule has 0 saturated heterocycles. The molecule has 1 amide bonds. The van der Waals surface area contributed by atoms with Crippen LogP contribution in [0.15, 0.2) is 30.3 Å². The molecule has 1 aromatic carbocycles. The summed E-state index contributed by atoms with van der Waals surface area (Å²) in [5.41, 5.74) is 9.39.